The summed E-state index contributed by atoms with van der Waals surface area (Å²) in [6.45, 7) is 2.03. The molecule has 0 unspecified atom stereocenters. The summed E-state index contributed by atoms with van der Waals surface area (Å²) < 4.78 is 0. The number of rotatable bonds is 1. The molecule has 2 rings (SSSR count). The van der Waals surface area contributed by atoms with Crippen molar-refractivity contribution in [2.24, 2.45) is 0 Å². The van der Waals surface area contributed by atoms with Crippen molar-refractivity contribution in [3.63, 3.8) is 0 Å². The maximum Gasteiger partial charge on any atom is 0.0688 e. The number of fused-ring (bicyclic) bond motifs is 1. The van der Waals surface area contributed by atoms with Crippen LogP contribution in [0.25, 0.3) is 10.8 Å². The molecule has 2 nitrogen and oxygen atoms in total. The molecule has 2 heteroatoms. The number of pyridine rings is 1. The number of nitrogens with zero attached hydrogens (tertiary/aromatic N) is 1. The molecule has 0 aliphatic carbocycles. The Labute approximate surface area is 76.9 Å². The maximum absolute atomic E-state index is 9.08. The first-order valence-corrected chi connectivity index (χ1v) is 4.26. The summed E-state index contributed by atoms with van der Waals surface area (Å²) >= 11 is 0. The Kier molecular flexibility index (Phi) is 1.99. The summed E-state index contributed by atoms with van der Waals surface area (Å²) in [4.78, 5) is 4.20. The Hall–Kier alpha value is -1.41. The molecule has 1 heterocycles. The molecular formula is C11H11NO. The van der Waals surface area contributed by atoms with Gasteiger partial charge in [0, 0.05) is 17.3 Å². The van der Waals surface area contributed by atoms with Gasteiger partial charge in [0.05, 0.1) is 6.61 Å². The number of aliphatic hydroxyl groups excluding tert-OH is 1. The van der Waals surface area contributed by atoms with Gasteiger partial charge in [-0.2, -0.15) is 0 Å². The molecular weight excluding hydrogens is 162 g/mol. The molecule has 0 aliphatic rings. The number of benzene rings is 1. The topological polar surface area (TPSA) is 33.1 Å². The molecule has 0 saturated carbocycles. The van der Waals surface area contributed by atoms with E-state index >= 15 is 0 Å². The number of aliphatic hydroxyl groups is 1. The highest BCUT2D eigenvalue weighted by molar-refractivity contribution is 5.85. The first-order chi connectivity index (χ1) is 6.31. The third kappa shape index (κ3) is 1.40. The van der Waals surface area contributed by atoms with Crippen molar-refractivity contribution in [3.05, 3.63) is 41.7 Å². The van der Waals surface area contributed by atoms with Gasteiger partial charge in [0.15, 0.2) is 0 Å². The van der Waals surface area contributed by atoms with Crippen LogP contribution in [0.5, 0.6) is 0 Å². The zero-order valence-corrected chi connectivity index (χ0v) is 7.49. The van der Waals surface area contributed by atoms with E-state index in [0.29, 0.717) is 0 Å². The smallest absolute Gasteiger partial charge is 0.0688 e. The lowest BCUT2D eigenvalue weighted by Gasteiger charge is -2.03. The Morgan fingerprint density at radius 2 is 2.23 bits per heavy atom. The minimum absolute atomic E-state index is 0.0715. The lowest BCUT2D eigenvalue weighted by atomic mass is 10.1. The van der Waals surface area contributed by atoms with Gasteiger partial charge in [-0.1, -0.05) is 18.2 Å². The van der Waals surface area contributed by atoms with Crippen LogP contribution in [0.3, 0.4) is 0 Å². The SMILES string of the molecule is Cc1cc2cccc(CO)c2cn1. The van der Waals surface area contributed by atoms with E-state index in [1.54, 1.807) is 0 Å². The zero-order valence-electron chi connectivity index (χ0n) is 7.49. The normalized spacial score (nSPS) is 10.6. The van der Waals surface area contributed by atoms with Crippen LogP contribution in [0, 0.1) is 6.92 Å². The molecule has 0 radical (unpaired) electrons. The molecule has 0 spiro atoms. The van der Waals surface area contributed by atoms with Gasteiger partial charge in [-0.05, 0) is 23.9 Å². The number of aryl methyl sites for hydroxylation is 1. The van der Waals surface area contributed by atoms with Gasteiger partial charge in [-0.15, -0.1) is 0 Å². The molecule has 0 fully saturated rings. The van der Waals surface area contributed by atoms with Gasteiger partial charge in [-0.25, -0.2) is 0 Å². The summed E-state index contributed by atoms with van der Waals surface area (Å²) in [6.07, 6.45) is 1.82. The molecule has 0 aliphatic heterocycles. The van der Waals surface area contributed by atoms with Gasteiger partial charge < -0.3 is 5.11 Å². The third-order valence-corrected chi connectivity index (χ3v) is 2.16. The second kappa shape index (κ2) is 3.15. The van der Waals surface area contributed by atoms with Crippen molar-refractivity contribution in [2.45, 2.75) is 13.5 Å². The van der Waals surface area contributed by atoms with Gasteiger partial charge in [0.25, 0.3) is 0 Å². The highest BCUT2D eigenvalue weighted by Crippen LogP contribution is 2.18. The standard InChI is InChI=1S/C11H11NO/c1-8-5-9-3-2-4-10(7-13)11(9)6-12-8/h2-6,13H,7H2,1H3. The minimum Gasteiger partial charge on any atom is -0.392 e. The van der Waals surface area contributed by atoms with Crippen LogP contribution in [-0.4, -0.2) is 10.1 Å². The number of hydrogen-bond acceptors (Lipinski definition) is 2. The Morgan fingerprint density at radius 3 is 3.00 bits per heavy atom. The van der Waals surface area contributed by atoms with Crippen LogP contribution in [0.1, 0.15) is 11.3 Å². The second-order valence-electron chi connectivity index (χ2n) is 3.12. The van der Waals surface area contributed by atoms with E-state index in [4.69, 9.17) is 5.11 Å². The molecule has 66 valence electrons. The van der Waals surface area contributed by atoms with Gasteiger partial charge in [-0.3, -0.25) is 4.98 Å². The summed E-state index contributed by atoms with van der Waals surface area (Å²) in [5.74, 6) is 0. The van der Waals surface area contributed by atoms with Crippen molar-refractivity contribution in [3.8, 4) is 0 Å². The molecule has 0 atom stereocenters. The monoisotopic (exact) mass is 173 g/mol. The van der Waals surface area contributed by atoms with Crippen molar-refractivity contribution in [2.75, 3.05) is 0 Å². The highest BCUT2D eigenvalue weighted by atomic mass is 16.3. The van der Waals surface area contributed by atoms with Crippen LogP contribution in [0.2, 0.25) is 0 Å². The van der Waals surface area contributed by atoms with Crippen molar-refractivity contribution < 1.29 is 5.11 Å². The predicted octanol–water partition coefficient (Wildman–Crippen LogP) is 2.04. The largest absolute Gasteiger partial charge is 0.392 e. The van der Waals surface area contributed by atoms with Crippen LogP contribution >= 0.6 is 0 Å². The fourth-order valence-electron chi connectivity index (χ4n) is 1.48. The molecule has 13 heavy (non-hydrogen) atoms. The summed E-state index contributed by atoms with van der Waals surface area (Å²) in [7, 11) is 0. The molecule has 0 bridgehead atoms. The molecule has 2 aromatic rings. The fraction of sp³-hybridized carbons (Fsp3) is 0.182. The first kappa shape index (κ1) is 8.20. The summed E-state index contributed by atoms with van der Waals surface area (Å²) in [6, 6.07) is 7.92. The van der Waals surface area contributed by atoms with E-state index in [9.17, 15) is 0 Å². The van der Waals surface area contributed by atoms with E-state index < -0.39 is 0 Å². The van der Waals surface area contributed by atoms with Crippen LogP contribution in [0.15, 0.2) is 30.5 Å². The first-order valence-electron chi connectivity index (χ1n) is 4.26. The molecule has 0 amide bonds. The van der Waals surface area contributed by atoms with Crippen molar-refractivity contribution in [1.82, 2.24) is 4.98 Å². The zero-order chi connectivity index (χ0) is 9.26. The van der Waals surface area contributed by atoms with Crippen molar-refractivity contribution >= 4 is 10.8 Å². The number of hydrogen-bond donors (Lipinski definition) is 1. The van der Waals surface area contributed by atoms with E-state index in [1.807, 2.05) is 37.4 Å². The van der Waals surface area contributed by atoms with Gasteiger partial charge in [0.2, 0.25) is 0 Å². The van der Waals surface area contributed by atoms with Crippen LogP contribution in [-0.2, 0) is 6.61 Å². The Morgan fingerprint density at radius 1 is 1.38 bits per heavy atom. The quantitative estimate of drug-likeness (QED) is 0.715. The second-order valence-corrected chi connectivity index (χ2v) is 3.12. The Balaban J connectivity index is 2.77. The van der Waals surface area contributed by atoms with E-state index in [2.05, 4.69) is 4.98 Å². The molecule has 1 aromatic carbocycles. The van der Waals surface area contributed by atoms with Crippen LogP contribution < -0.4 is 0 Å². The van der Waals surface area contributed by atoms with Crippen molar-refractivity contribution in [1.29, 1.82) is 0 Å². The average Bonchev–Trinajstić information content (AvgIpc) is 2.16. The molecule has 1 aromatic heterocycles. The lowest BCUT2D eigenvalue weighted by molar-refractivity contribution is 0.283. The maximum atomic E-state index is 9.08. The predicted molar refractivity (Wildman–Crippen MR) is 52.4 cm³/mol. The van der Waals surface area contributed by atoms with Gasteiger partial charge in [0.1, 0.15) is 0 Å². The lowest BCUT2D eigenvalue weighted by Crippen LogP contribution is -1.87. The average molecular weight is 173 g/mol. The fourth-order valence-corrected chi connectivity index (χ4v) is 1.48. The summed E-state index contributed by atoms with van der Waals surface area (Å²) in [5.41, 5.74) is 1.94. The van der Waals surface area contributed by atoms with E-state index in [1.165, 1.54) is 0 Å². The summed E-state index contributed by atoms with van der Waals surface area (Å²) in [5, 5.41) is 11.3. The highest BCUT2D eigenvalue weighted by Gasteiger charge is 1.99. The molecule has 1 N–H and O–H groups in total. The minimum atomic E-state index is 0.0715. The van der Waals surface area contributed by atoms with Gasteiger partial charge >= 0.3 is 0 Å². The molecule has 0 saturated heterocycles. The number of aromatic nitrogens is 1. The van der Waals surface area contributed by atoms with E-state index in [0.717, 1.165) is 22.0 Å². The third-order valence-electron chi connectivity index (χ3n) is 2.16. The van der Waals surface area contributed by atoms with E-state index in [-0.39, 0.29) is 6.61 Å². The van der Waals surface area contributed by atoms with Crippen LogP contribution in [0.4, 0.5) is 0 Å². The Bertz CT molecular complexity index is 437.